The molecule has 16 heteroatoms. The number of para-hydroxylation sites is 1. The summed E-state index contributed by atoms with van der Waals surface area (Å²) in [4.78, 5) is 44.6. The molecule has 15 nitrogen and oxygen atoms in total. The quantitative estimate of drug-likeness (QED) is 0.0295. The number of nitrogens with two attached hydrogens (primary N) is 1. The van der Waals surface area contributed by atoms with Crippen molar-refractivity contribution in [2.75, 3.05) is 25.0 Å². The van der Waals surface area contributed by atoms with Crippen molar-refractivity contribution in [2.45, 2.75) is 76.5 Å². The number of amides is 3. The number of nitrogens with zero attached hydrogens (tertiary/aromatic N) is 3. The number of aliphatic hydroxyl groups is 2. The molecule has 1 aromatic heterocycles. The minimum Gasteiger partial charge on any atom is -0.465 e. The third-order valence-corrected chi connectivity index (χ3v) is 13.7. The van der Waals surface area contributed by atoms with Crippen LogP contribution in [-0.4, -0.2) is 97.8 Å². The number of esters is 1. The third-order valence-electron chi connectivity index (χ3n) is 11.5. The molecule has 7 N–H and O–H groups in total. The lowest BCUT2D eigenvalue weighted by Gasteiger charge is -2.36. The molecule has 65 heavy (non-hydrogen) atoms. The summed E-state index contributed by atoms with van der Waals surface area (Å²) in [7, 11) is -3.64. The maximum Gasteiger partial charge on any atom is 0.323 e. The van der Waals surface area contributed by atoms with E-state index >= 15 is 4.79 Å². The monoisotopic (exact) mass is 901 g/mol. The highest BCUT2D eigenvalue weighted by Gasteiger charge is 2.46. The first-order chi connectivity index (χ1) is 31.4. The van der Waals surface area contributed by atoms with Crippen molar-refractivity contribution in [3.63, 3.8) is 0 Å². The molecular formula is C49H56N7O8P. The molecule has 1 fully saturated rings. The molecule has 1 aliphatic heterocycles. The van der Waals surface area contributed by atoms with Crippen molar-refractivity contribution in [1.29, 1.82) is 0 Å². The molecule has 7 rings (SSSR count). The van der Waals surface area contributed by atoms with Gasteiger partial charge >= 0.3 is 19.5 Å². The lowest BCUT2D eigenvalue weighted by Crippen LogP contribution is -2.50. The van der Waals surface area contributed by atoms with Gasteiger partial charge in [-0.25, -0.2) is 9.88 Å². The average Bonchev–Trinajstić information content (AvgIpc) is 3.67. The Bertz CT molecular complexity index is 2580. The first-order valence-electron chi connectivity index (χ1n) is 21.8. The van der Waals surface area contributed by atoms with Gasteiger partial charge in [-0.1, -0.05) is 97.1 Å². The van der Waals surface area contributed by atoms with E-state index in [1.807, 2.05) is 84.9 Å². The molecule has 6 atom stereocenters. The molecule has 0 bridgehead atoms. The van der Waals surface area contributed by atoms with Crippen LogP contribution in [0.25, 0.3) is 10.9 Å². The first kappa shape index (κ1) is 46.5. The van der Waals surface area contributed by atoms with Gasteiger partial charge in [0.25, 0.3) is 5.91 Å². The normalized spacial score (nSPS) is 19.0. The number of carbonyl (C=O) groups excluding carboxylic acids is 3. The Balaban J connectivity index is 1.13. The molecule has 1 aliphatic rings. The summed E-state index contributed by atoms with van der Waals surface area (Å²) in [5.41, 5.74) is 10.4. The predicted octanol–water partition coefficient (Wildman–Crippen LogP) is 6.46. The maximum atomic E-state index is 15.3. The highest BCUT2D eigenvalue weighted by molar-refractivity contribution is 7.57. The van der Waals surface area contributed by atoms with Crippen LogP contribution in [0.5, 0.6) is 5.75 Å². The lowest BCUT2D eigenvalue weighted by molar-refractivity contribution is -0.144. The van der Waals surface area contributed by atoms with Gasteiger partial charge < -0.3 is 40.3 Å². The van der Waals surface area contributed by atoms with Crippen LogP contribution in [0.1, 0.15) is 52.9 Å². The van der Waals surface area contributed by atoms with Crippen molar-refractivity contribution in [2.24, 2.45) is 0 Å². The van der Waals surface area contributed by atoms with Crippen LogP contribution in [-0.2, 0) is 40.0 Å². The summed E-state index contributed by atoms with van der Waals surface area (Å²) in [6, 6.07) is 37.2. The Morgan fingerprint density at radius 2 is 1.37 bits per heavy atom. The Morgan fingerprint density at radius 1 is 0.800 bits per heavy atom. The Morgan fingerprint density at radius 3 is 1.97 bits per heavy atom. The predicted molar refractivity (Wildman–Crippen MR) is 249 cm³/mol. The molecule has 0 saturated carbocycles. The number of ether oxygens (including phenoxy) is 1. The first-order valence-corrected chi connectivity index (χ1v) is 23.6. The number of H-pyrrole nitrogens is 1. The van der Waals surface area contributed by atoms with Gasteiger partial charge in [-0.3, -0.25) is 19.3 Å². The Hall–Kier alpha value is -6.51. The minimum atomic E-state index is -3.64. The number of carbonyl (C=O) groups is 3. The number of nitrogen functional groups attached to an aromatic ring is 1. The number of urea groups is 1. The molecule has 0 radical (unpaired) electrons. The number of hydrogen-bond acceptors (Lipinski definition) is 10. The number of fused-ring (bicyclic) bond motifs is 1. The number of hydrogen-bond donors (Lipinski definition) is 6. The highest BCUT2D eigenvalue weighted by Crippen LogP contribution is 2.44. The topological polar surface area (TPSA) is 212 Å². The van der Waals surface area contributed by atoms with Crippen LogP contribution in [0, 0.1) is 0 Å². The van der Waals surface area contributed by atoms with Gasteiger partial charge in [0.15, 0.2) is 5.82 Å². The van der Waals surface area contributed by atoms with Crippen molar-refractivity contribution >= 4 is 42.1 Å². The number of aromatic amines is 1. The molecule has 340 valence electrons. The van der Waals surface area contributed by atoms with Gasteiger partial charge in [-0.2, -0.15) is 5.10 Å². The van der Waals surface area contributed by atoms with E-state index in [2.05, 4.69) is 20.6 Å². The number of rotatable bonds is 19. The molecule has 2 heterocycles. The van der Waals surface area contributed by atoms with Crippen LogP contribution < -0.4 is 20.7 Å². The second-order valence-electron chi connectivity index (χ2n) is 16.2. The van der Waals surface area contributed by atoms with Gasteiger partial charge in [0.05, 0.1) is 30.4 Å². The molecule has 1 saturated heterocycles. The lowest BCUT2D eigenvalue weighted by atomic mass is 9.91. The molecule has 5 aromatic carbocycles. The fourth-order valence-corrected chi connectivity index (χ4v) is 10.2. The SMILES string of the molecule is CCOC(=O)[C@H](C)NP(=O)(CCCNC(=O)c1cccc(CN2C(=O)N(Cc3ccc4[nH]nc(N)c4c3)[C@H](Cc3ccccc3)[C@H](O)[C@@H](O)[C@H]2Cc2ccccc2)c1)Oc1ccccc1. The van der Waals surface area contributed by atoms with Gasteiger partial charge in [-0.15, -0.1) is 0 Å². The van der Waals surface area contributed by atoms with Crippen LogP contribution in [0.2, 0.25) is 0 Å². The fourth-order valence-electron chi connectivity index (χ4n) is 8.19. The number of aliphatic hydroxyl groups excluding tert-OH is 2. The largest absolute Gasteiger partial charge is 0.465 e. The molecule has 0 aliphatic carbocycles. The van der Waals surface area contributed by atoms with Crippen LogP contribution >= 0.6 is 7.52 Å². The van der Waals surface area contributed by atoms with E-state index in [1.165, 1.54) is 0 Å². The van der Waals surface area contributed by atoms with Crippen LogP contribution in [0.4, 0.5) is 10.6 Å². The van der Waals surface area contributed by atoms with Crippen molar-refractivity contribution in [1.82, 2.24) is 30.4 Å². The zero-order valence-electron chi connectivity index (χ0n) is 36.5. The second-order valence-corrected chi connectivity index (χ2v) is 18.5. The van der Waals surface area contributed by atoms with E-state index in [0.717, 1.165) is 22.2 Å². The summed E-state index contributed by atoms with van der Waals surface area (Å²) in [5, 5.41) is 37.9. The standard InChI is InChI=1S/C49H56N7O8P/c1-3-63-48(60)33(2)54-65(62,64-39-21-11-6-12-22-39)26-14-25-51-47(59)38-20-13-19-36(27-38)31-55-42(29-34-15-7-4-8-16-34)44(57)45(58)43(30-35-17-9-5-10-18-35)56(49(55)61)32-37-23-24-41-40(28-37)46(50)53-52-41/h4-13,15-24,27-28,33,42-45,57-58H,3,14,25-26,29-32H2,1-2H3,(H,51,59)(H,54,62)(H3,50,52,53)/t33-,42+,43+,44-,45-,65?/m0/s1. The third kappa shape index (κ3) is 11.8. The highest BCUT2D eigenvalue weighted by atomic mass is 31.2. The van der Waals surface area contributed by atoms with E-state index < -0.39 is 55.8 Å². The molecule has 6 aromatic rings. The van der Waals surface area contributed by atoms with Crippen LogP contribution in [0.15, 0.2) is 133 Å². The zero-order valence-corrected chi connectivity index (χ0v) is 37.3. The molecule has 3 amide bonds. The van der Waals surface area contributed by atoms with E-state index in [-0.39, 0.29) is 51.7 Å². The molecular weight excluding hydrogens is 846 g/mol. The minimum absolute atomic E-state index is 0.00506. The molecule has 1 unspecified atom stereocenters. The number of nitrogens with one attached hydrogen (secondary N) is 3. The summed E-state index contributed by atoms with van der Waals surface area (Å²) in [6.07, 6.45) is -1.91. The molecule has 0 spiro atoms. The maximum absolute atomic E-state index is 15.3. The number of anilines is 1. The Kier molecular flexibility index (Phi) is 15.3. The Labute approximate surface area is 378 Å². The second kappa shape index (κ2) is 21.4. The summed E-state index contributed by atoms with van der Waals surface area (Å²) < 4.78 is 25.0. The summed E-state index contributed by atoms with van der Waals surface area (Å²) >= 11 is 0. The van der Waals surface area contributed by atoms with E-state index in [4.69, 9.17) is 15.0 Å². The van der Waals surface area contributed by atoms with E-state index in [0.29, 0.717) is 28.1 Å². The van der Waals surface area contributed by atoms with E-state index in [1.54, 1.807) is 72.2 Å². The number of benzene rings is 5. The van der Waals surface area contributed by atoms with E-state index in [9.17, 15) is 24.4 Å². The summed E-state index contributed by atoms with van der Waals surface area (Å²) in [6.45, 7) is 3.66. The smallest absolute Gasteiger partial charge is 0.323 e. The zero-order chi connectivity index (χ0) is 45.9. The van der Waals surface area contributed by atoms with Gasteiger partial charge in [0.1, 0.15) is 24.0 Å². The van der Waals surface area contributed by atoms with Gasteiger partial charge in [-0.05, 0) is 91.8 Å². The van der Waals surface area contributed by atoms with Gasteiger partial charge in [0, 0.05) is 30.6 Å². The average molecular weight is 902 g/mol. The van der Waals surface area contributed by atoms with Crippen LogP contribution in [0.3, 0.4) is 0 Å². The summed E-state index contributed by atoms with van der Waals surface area (Å²) in [5.74, 6) is -0.264. The van der Waals surface area contributed by atoms with Crippen molar-refractivity contribution in [3.05, 3.63) is 161 Å². The fraction of sp³-hybridized carbons (Fsp3) is 0.306. The number of aromatic nitrogens is 2. The van der Waals surface area contributed by atoms with Crippen molar-refractivity contribution in [3.8, 4) is 5.75 Å². The van der Waals surface area contributed by atoms with Gasteiger partial charge in [0.2, 0.25) is 0 Å². The van der Waals surface area contributed by atoms with Crippen molar-refractivity contribution < 1.29 is 38.4 Å².